The Morgan fingerprint density at radius 2 is 0.830 bits per heavy atom. The van der Waals surface area contributed by atoms with Crippen LogP contribution in [0, 0.1) is 0 Å². The first-order chi connectivity index (χ1) is 23.0. The molecule has 0 saturated heterocycles. The van der Waals surface area contributed by atoms with Gasteiger partial charge in [-0.2, -0.15) is 0 Å². The monoisotopic (exact) mass is 654 g/mol. The lowest BCUT2D eigenvalue weighted by Gasteiger charge is -2.18. The second-order valence-electron chi connectivity index (χ2n) is 11.8. The van der Waals surface area contributed by atoms with E-state index in [1.807, 2.05) is 12.2 Å². The normalized spacial score (nSPS) is 12.8. The molecule has 6 heteroatoms. The highest BCUT2D eigenvalue weighted by molar-refractivity contribution is 5.71. The van der Waals surface area contributed by atoms with E-state index in [0.29, 0.717) is 19.3 Å². The Bertz CT molecular complexity index is 940. The Morgan fingerprint density at radius 3 is 1.28 bits per heavy atom. The highest BCUT2D eigenvalue weighted by atomic mass is 16.6. The van der Waals surface area contributed by atoms with Crippen molar-refractivity contribution in [2.75, 3.05) is 13.2 Å². The number of esters is 3. The summed E-state index contributed by atoms with van der Waals surface area (Å²) in [6.07, 6.45) is 42.5. The molecule has 0 heterocycles. The van der Waals surface area contributed by atoms with Gasteiger partial charge in [0.25, 0.3) is 0 Å². The molecule has 1 atom stereocenters. The minimum atomic E-state index is -0.794. The molecule has 0 bridgehead atoms. The number of rotatable bonds is 31. The number of hydrogen-bond donors (Lipinski definition) is 0. The summed E-state index contributed by atoms with van der Waals surface area (Å²) in [6.45, 7) is 6.23. The standard InChI is InChI=1S/C41H66O6/c1-4-7-10-13-14-15-16-17-18-19-20-21-22-23-24-25-26-29-31-34-40(43)46-37-38(47-41(44)35-32-28-12-9-6-3)36-45-39(42)33-30-27-11-8-5-2/h7,10,14-15,17-18,20-21,23-24,26,29,38H,4-6,8-9,11-13,16,19,22,25,27-28,30-37H2,1-3H3/b10-7-,15-14-,18-17-,21-20-,24-23-,29-26-. The van der Waals surface area contributed by atoms with Crippen molar-refractivity contribution in [2.24, 2.45) is 0 Å². The molecule has 0 saturated carbocycles. The van der Waals surface area contributed by atoms with Gasteiger partial charge >= 0.3 is 17.9 Å². The van der Waals surface area contributed by atoms with E-state index in [0.717, 1.165) is 103 Å². The van der Waals surface area contributed by atoms with E-state index in [1.54, 1.807) is 0 Å². The molecule has 0 rings (SSSR count). The van der Waals surface area contributed by atoms with Gasteiger partial charge in [-0.25, -0.2) is 0 Å². The largest absolute Gasteiger partial charge is 0.462 e. The van der Waals surface area contributed by atoms with Crippen LogP contribution in [0.2, 0.25) is 0 Å². The first kappa shape index (κ1) is 43.9. The van der Waals surface area contributed by atoms with E-state index in [-0.39, 0.29) is 37.5 Å². The zero-order valence-corrected chi connectivity index (χ0v) is 30.0. The fraction of sp³-hybridized carbons (Fsp3) is 0.634. The van der Waals surface area contributed by atoms with Crippen molar-refractivity contribution in [2.45, 2.75) is 155 Å². The highest BCUT2D eigenvalue weighted by Gasteiger charge is 2.19. The van der Waals surface area contributed by atoms with Crippen molar-refractivity contribution >= 4 is 17.9 Å². The number of hydrogen-bond acceptors (Lipinski definition) is 6. The van der Waals surface area contributed by atoms with Gasteiger partial charge in [0, 0.05) is 19.3 Å². The zero-order chi connectivity index (χ0) is 34.5. The van der Waals surface area contributed by atoms with E-state index in [1.165, 1.54) is 0 Å². The molecule has 0 aromatic carbocycles. The molecule has 0 fully saturated rings. The van der Waals surface area contributed by atoms with Crippen LogP contribution in [-0.4, -0.2) is 37.2 Å². The summed E-state index contributed by atoms with van der Waals surface area (Å²) >= 11 is 0. The number of unbranched alkanes of at least 4 members (excludes halogenated alkanes) is 8. The quantitative estimate of drug-likeness (QED) is 0.0320. The number of ether oxygens (including phenoxy) is 3. The van der Waals surface area contributed by atoms with Gasteiger partial charge in [0.15, 0.2) is 6.10 Å². The van der Waals surface area contributed by atoms with Crippen molar-refractivity contribution in [3.05, 3.63) is 72.9 Å². The molecule has 266 valence electrons. The van der Waals surface area contributed by atoms with Gasteiger partial charge in [0.2, 0.25) is 0 Å². The molecular weight excluding hydrogens is 588 g/mol. The van der Waals surface area contributed by atoms with Crippen LogP contribution in [0.4, 0.5) is 0 Å². The number of allylic oxidation sites excluding steroid dienone is 12. The van der Waals surface area contributed by atoms with Crippen LogP contribution in [-0.2, 0) is 28.6 Å². The van der Waals surface area contributed by atoms with Crippen LogP contribution in [0.5, 0.6) is 0 Å². The summed E-state index contributed by atoms with van der Waals surface area (Å²) in [7, 11) is 0. The Kier molecular flexibility index (Phi) is 33.3. The summed E-state index contributed by atoms with van der Waals surface area (Å²) in [5, 5.41) is 0. The van der Waals surface area contributed by atoms with Crippen molar-refractivity contribution in [1.82, 2.24) is 0 Å². The van der Waals surface area contributed by atoms with Gasteiger partial charge < -0.3 is 14.2 Å². The first-order valence-corrected chi connectivity index (χ1v) is 18.4. The third-order valence-corrected chi connectivity index (χ3v) is 7.24. The average Bonchev–Trinajstić information content (AvgIpc) is 3.06. The van der Waals surface area contributed by atoms with Crippen LogP contribution < -0.4 is 0 Å². The van der Waals surface area contributed by atoms with Gasteiger partial charge in [-0.3, -0.25) is 14.4 Å². The lowest BCUT2D eigenvalue weighted by molar-refractivity contribution is -0.166. The molecule has 6 nitrogen and oxygen atoms in total. The van der Waals surface area contributed by atoms with Crippen molar-refractivity contribution in [3.63, 3.8) is 0 Å². The van der Waals surface area contributed by atoms with Crippen molar-refractivity contribution < 1.29 is 28.6 Å². The summed E-state index contributed by atoms with van der Waals surface area (Å²) in [4.78, 5) is 36.9. The van der Waals surface area contributed by atoms with E-state index in [9.17, 15) is 14.4 Å². The molecule has 1 unspecified atom stereocenters. The molecule has 0 aliphatic rings. The minimum absolute atomic E-state index is 0.101. The van der Waals surface area contributed by atoms with E-state index in [4.69, 9.17) is 14.2 Å². The zero-order valence-electron chi connectivity index (χ0n) is 30.0. The third kappa shape index (κ3) is 34.0. The van der Waals surface area contributed by atoms with Gasteiger partial charge in [0.05, 0.1) is 0 Å². The van der Waals surface area contributed by atoms with Crippen LogP contribution in [0.25, 0.3) is 0 Å². The SMILES string of the molecule is CC/C=C\C/C=C\C/C=C\C/C=C\C/C=C\C/C=C\CCC(=O)OCC(COC(=O)CCCCCCC)OC(=O)CCCCCCC. The molecule has 47 heavy (non-hydrogen) atoms. The molecule has 0 aromatic heterocycles. The van der Waals surface area contributed by atoms with E-state index >= 15 is 0 Å². The topological polar surface area (TPSA) is 78.9 Å². The summed E-state index contributed by atoms with van der Waals surface area (Å²) < 4.78 is 16.3. The lowest BCUT2D eigenvalue weighted by Crippen LogP contribution is -2.30. The second kappa shape index (κ2) is 35.7. The molecule has 0 aromatic rings. The fourth-order valence-corrected chi connectivity index (χ4v) is 4.46. The Labute approximate surface area is 287 Å². The maximum atomic E-state index is 12.4. The molecule has 0 aliphatic heterocycles. The molecular formula is C41H66O6. The molecule has 0 radical (unpaired) electrons. The van der Waals surface area contributed by atoms with Crippen LogP contribution in [0.3, 0.4) is 0 Å². The van der Waals surface area contributed by atoms with Gasteiger partial charge in [-0.15, -0.1) is 0 Å². The second-order valence-corrected chi connectivity index (χ2v) is 11.8. The smallest absolute Gasteiger partial charge is 0.306 e. The maximum absolute atomic E-state index is 12.4. The first-order valence-electron chi connectivity index (χ1n) is 18.4. The Hall–Kier alpha value is -3.15. The summed E-state index contributed by atoms with van der Waals surface area (Å²) in [6, 6.07) is 0. The Morgan fingerprint density at radius 1 is 0.447 bits per heavy atom. The maximum Gasteiger partial charge on any atom is 0.306 e. The van der Waals surface area contributed by atoms with Crippen molar-refractivity contribution in [3.8, 4) is 0 Å². The number of carbonyl (C=O) groups excluding carboxylic acids is 3. The van der Waals surface area contributed by atoms with Crippen molar-refractivity contribution in [1.29, 1.82) is 0 Å². The number of carbonyl (C=O) groups is 3. The highest BCUT2D eigenvalue weighted by Crippen LogP contribution is 2.10. The predicted molar refractivity (Wildman–Crippen MR) is 196 cm³/mol. The third-order valence-electron chi connectivity index (χ3n) is 7.24. The summed E-state index contributed by atoms with van der Waals surface area (Å²) in [5.74, 6) is -1.03. The lowest BCUT2D eigenvalue weighted by atomic mass is 10.1. The van der Waals surface area contributed by atoms with Crippen LogP contribution in [0.1, 0.15) is 149 Å². The van der Waals surface area contributed by atoms with Gasteiger partial charge in [0.1, 0.15) is 13.2 Å². The fourth-order valence-electron chi connectivity index (χ4n) is 4.46. The molecule has 0 N–H and O–H groups in total. The average molecular weight is 655 g/mol. The van der Waals surface area contributed by atoms with Crippen LogP contribution >= 0.6 is 0 Å². The molecule has 0 aliphatic carbocycles. The minimum Gasteiger partial charge on any atom is -0.462 e. The summed E-state index contributed by atoms with van der Waals surface area (Å²) in [5.41, 5.74) is 0. The predicted octanol–water partition coefficient (Wildman–Crippen LogP) is 11.2. The van der Waals surface area contributed by atoms with Gasteiger partial charge in [-0.05, 0) is 57.8 Å². The molecule has 0 amide bonds. The Balaban J connectivity index is 4.30. The van der Waals surface area contributed by atoms with Gasteiger partial charge in [-0.1, -0.05) is 145 Å². The molecule has 0 spiro atoms. The van der Waals surface area contributed by atoms with E-state index in [2.05, 4.69) is 81.5 Å². The van der Waals surface area contributed by atoms with E-state index < -0.39 is 6.10 Å². The van der Waals surface area contributed by atoms with Crippen LogP contribution in [0.15, 0.2) is 72.9 Å².